The summed E-state index contributed by atoms with van der Waals surface area (Å²) in [6.45, 7) is 5.92. The number of halogens is 1. The number of nitrogens with one attached hydrogen (secondary N) is 1. The van der Waals surface area contributed by atoms with E-state index in [9.17, 15) is 10.0 Å². The minimum absolute atomic E-state index is 0.0929. The highest BCUT2D eigenvalue weighted by atomic mass is 35.5. The Labute approximate surface area is 144 Å². The molecule has 1 aliphatic carbocycles. The average molecular weight is 348 g/mol. The van der Waals surface area contributed by atoms with E-state index in [0.717, 1.165) is 5.56 Å². The number of pyridine rings is 1. The van der Waals surface area contributed by atoms with E-state index in [4.69, 9.17) is 16.0 Å². The molecule has 0 atom stereocenters. The number of aromatic nitrogens is 1. The molecule has 126 valence electrons. The maximum absolute atomic E-state index is 12.5. The predicted molar refractivity (Wildman–Crippen MR) is 91.1 cm³/mol. The number of carbonyl (C=O) groups is 1. The van der Waals surface area contributed by atoms with Crippen LogP contribution in [0.5, 0.6) is 0 Å². The van der Waals surface area contributed by atoms with Crippen LogP contribution in [-0.4, -0.2) is 21.8 Å². The number of amides is 1. The van der Waals surface area contributed by atoms with Crippen LogP contribution in [0.4, 0.5) is 5.82 Å². The van der Waals surface area contributed by atoms with E-state index in [2.05, 4.69) is 29.3 Å². The lowest BCUT2D eigenvalue weighted by atomic mass is 9.75. The van der Waals surface area contributed by atoms with Gasteiger partial charge >= 0.3 is 0 Å². The molecule has 0 saturated carbocycles. The van der Waals surface area contributed by atoms with E-state index in [1.807, 2.05) is 0 Å². The van der Waals surface area contributed by atoms with E-state index in [1.54, 1.807) is 19.1 Å². The lowest BCUT2D eigenvalue weighted by molar-refractivity contribution is 0.0992. The van der Waals surface area contributed by atoms with Crippen molar-refractivity contribution in [3.63, 3.8) is 0 Å². The summed E-state index contributed by atoms with van der Waals surface area (Å²) >= 11 is 5.79. The zero-order chi connectivity index (χ0) is 17.5. The van der Waals surface area contributed by atoms with Crippen molar-refractivity contribution in [2.24, 2.45) is 10.6 Å². The van der Waals surface area contributed by atoms with E-state index in [-0.39, 0.29) is 11.2 Å². The Hall–Kier alpha value is -2.34. The Morgan fingerprint density at radius 1 is 1.42 bits per heavy atom. The summed E-state index contributed by atoms with van der Waals surface area (Å²) in [6, 6.07) is 3.26. The molecule has 0 radical (unpaired) electrons. The summed E-state index contributed by atoms with van der Waals surface area (Å²) in [4.78, 5) is 16.6. The quantitative estimate of drug-likeness (QED) is 0.634. The summed E-state index contributed by atoms with van der Waals surface area (Å²) in [5, 5.41) is 15.9. The highest BCUT2D eigenvalue weighted by Gasteiger charge is 2.36. The van der Waals surface area contributed by atoms with Gasteiger partial charge in [-0.05, 0) is 30.9 Å². The van der Waals surface area contributed by atoms with Crippen molar-refractivity contribution >= 4 is 29.0 Å². The van der Waals surface area contributed by atoms with Crippen molar-refractivity contribution in [2.45, 2.75) is 33.6 Å². The fraction of sp³-hybridized carbons (Fsp3) is 0.353. The van der Waals surface area contributed by atoms with Crippen molar-refractivity contribution in [2.75, 3.05) is 5.32 Å². The molecular formula is C17H18ClN3O3. The number of carbonyl (C=O) groups excluding carboxylic acids is 1. The minimum Gasteiger partial charge on any atom is -0.455 e. The summed E-state index contributed by atoms with van der Waals surface area (Å²) in [7, 11) is 0. The molecule has 6 nitrogen and oxygen atoms in total. The normalized spacial score (nSPS) is 17.6. The Kier molecular flexibility index (Phi) is 4.09. The van der Waals surface area contributed by atoms with Gasteiger partial charge in [0, 0.05) is 23.7 Å². The Balaban J connectivity index is 1.94. The first-order valence-corrected chi connectivity index (χ1v) is 7.95. The van der Waals surface area contributed by atoms with Crippen LogP contribution in [0.15, 0.2) is 27.9 Å². The van der Waals surface area contributed by atoms with Crippen molar-refractivity contribution in [3.8, 4) is 0 Å². The van der Waals surface area contributed by atoms with Gasteiger partial charge in [-0.1, -0.05) is 30.6 Å². The van der Waals surface area contributed by atoms with Gasteiger partial charge in [0.1, 0.15) is 11.6 Å². The average Bonchev–Trinajstić information content (AvgIpc) is 2.84. The Morgan fingerprint density at radius 2 is 2.17 bits per heavy atom. The molecule has 1 amide bonds. The molecular weight excluding hydrogens is 330 g/mol. The number of nitrogens with zero attached hydrogens (tertiary/aromatic N) is 2. The van der Waals surface area contributed by atoms with Gasteiger partial charge in [-0.25, -0.2) is 4.98 Å². The zero-order valence-corrected chi connectivity index (χ0v) is 14.4. The topological polar surface area (TPSA) is 87.7 Å². The van der Waals surface area contributed by atoms with Gasteiger partial charge in [-0.2, -0.15) is 0 Å². The van der Waals surface area contributed by atoms with Crippen molar-refractivity contribution in [1.29, 1.82) is 0 Å². The van der Waals surface area contributed by atoms with Crippen LogP contribution >= 0.6 is 11.6 Å². The molecule has 24 heavy (non-hydrogen) atoms. The van der Waals surface area contributed by atoms with Crippen molar-refractivity contribution in [1.82, 2.24) is 4.98 Å². The van der Waals surface area contributed by atoms with Crippen LogP contribution in [0.25, 0.3) is 0 Å². The highest BCUT2D eigenvalue weighted by molar-refractivity contribution is 6.30. The molecule has 7 heteroatoms. The van der Waals surface area contributed by atoms with Crippen LogP contribution in [-0.2, 0) is 6.42 Å². The van der Waals surface area contributed by atoms with E-state index >= 15 is 0 Å². The van der Waals surface area contributed by atoms with Crippen molar-refractivity contribution < 1.29 is 14.4 Å². The molecule has 0 spiro atoms. The number of hydrogen-bond acceptors (Lipinski definition) is 5. The lowest BCUT2D eigenvalue weighted by Crippen LogP contribution is -2.27. The fourth-order valence-corrected chi connectivity index (χ4v) is 3.15. The van der Waals surface area contributed by atoms with Crippen LogP contribution < -0.4 is 5.32 Å². The molecule has 0 saturated heterocycles. The van der Waals surface area contributed by atoms with E-state index in [1.165, 1.54) is 6.20 Å². The van der Waals surface area contributed by atoms with Gasteiger partial charge in [-0.15, -0.1) is 0 Å². The van der Waals surface area contributed by atoms with Crippen molar-refractivity contribution in [3.05, 3.63) is 46.0 Å². The SMILES string of the molecule is Cc1c(C(=O)Nc2ccc(Cl)cn2)oc2c1/C(=N/O)CC(C)(C)C2. The number of oxime groups is 1. The number of anilines is 1. The standard InChI is InChI=1S/C17H18ClN3O3/c1-9-14-11(21-23)6-17(2,3)7-12(14)24-15(9)16(22)20-13-5-4-10(18)8-19-13/h4-5,8,23H,6-7H2,1-3H3,(H,19,20,22)/b21-11+. The molecule has 0 fully saturated rings. The molecule has 1 aliphatic rings. The Morgan fingerprint density at radius 3 is 2.79 bits per heavy atom. The predicted octanol–water partition coefficient (Wildman–Crippen LogP) is 4.04. The molecule has 2 aromatic heterocycles. The van der Waals surface area contributed by atoms with Gasteiger partial charge in [0.25, 0.3) is 5.91 Å². The third-order valence-electron chi connectivity index (χ3n) is 4.09. The molecule has 2 N–H and O–H groups in total. The fourth-order valence-electron chi connectivity index (χ4n) is 3.04. The van der Waals surface area contributed by atoms with Gasteiger partial charge < -0.3 is 14.9 Å². The Bertz CT molecular complexity index is 822. The summed E-state index contributed by atoms with van der Waals surface area (Å²) in [5.74, 6) is 0.864. The number of furan rings is 1. The smallest absolute Gasteiger partial charge is 0.292 e. The van der Waals surface area contributed by atoms with Crippen LogP contribution in [0.3, 0.4) is 0 Å². The maximum Gasteiger partial charge on any atom is 0.292 e. The molecule has 2 aromatic rings. The summed E-state index contributed by atoms with van der Waals surface area (Å²) < 4.78 is 5.80. The third-order valence-corrected chi connectivity index (χ3v) is 4.31. The van der Waals surface area contributed by atoms with E-state index in [0.29, 0.717) is 40.7 Å². The summed E-state index contributed by atoms with van der Waals surface area (Å²) in [6.07, 6.45) is 2.75. The molecule has 0 unspecified atom stereocenters. The van der Waals surface area contributed by atoms with Crippen LogP contribution in [0.2, 0.25) is 5.02 Å². The second-order valence-corrected chi connectivity index (χ2v) is 7.17. The zero-order valence-electron chi connectivity index (χ0n) is 13.7. The van der Waals surface area contributed by atoms with Gasteiger partial charge in [0.05, 0.1) is 10.7 Å². The molecule has 2 heterocycles. The number of fused-ring (bicyclic) bond motifs is 1. The maximum atomic E-state index is 12.5. The lowest BCUT2D eigenvalue weighted by Gasteiger charge is -2.28. The first-order chi connectivity index (χ1) is 11.3. The molecule has 0 bridgehead atoms. The van der Waals surface area contributed by atoms with Crippen LogP contribution in [0, 0.1) is 12.3 Å². The second-order valence-electron chi connectivity index (χ2n) is 6.73. The van der Waals surface area contributed by atoms with Gasteiger partial charge in [-0.3, -0.25) is 4.79 Å². The van der Waals surface area contributed by atoms with Crippen LogP contribution in [0.1, 0.15) is 47.7 Å². The third kappa shape index (κ3) is 3.01. The number of hydrogen-bond donors (Lipinski definition) is 2. The first kappa shape index (κ1) is 16.5. The van der Waals surface area contributed by atoms with Gasteiger partial charge in [0.2, 0.25) is 0 Å². The monoisotopic (exact) mass is 347 g/mol. The summed E-state index contributed by atoms with van der Waals surface area (Å²) in [5.41, 5.74) is 1.85. The first-order valence-electron chi connectivity index (χ1n) is 7.57. The number of rotatable bonds is 2. The molecule has 0 aliphatic heterocycles. The minimum atomic E-state index is -0.396. The molecule has 3 rings (SSSR count). The highest BCUT2D eigenvalue weighted by Crippen LogP contribution is 2.38. The molecule has 0 aromatic carbocycles. The largest absolute Gasteiger partial charge is 0.455 e. The van der Waals surface area contributed by atoms with E-state index < -0.39 is 5.91 Å². The second kappa shape index (κ2) is 5.94. The van der Waals surface area contributed by atoms with Gasteiger partial charge in [0.15, 0.2) is 5.76 Å².